The first kappa shape index (κ1) is 17.6. The number of hydrogen-bond donors (Lipinski definition) is 1. The maximum atomic E-state index is 8.74. The third kappa shape index (κ3) is 7.17. The van der Waals surface area contributed by atoms with Crippen LogP contribution in [-0.4, -0.2) is 25.4 Å². The Morgan fingerprint density at radius 1 is 1.29 bits per heavy atom. The number of benzene rings is 1. The summed E-state index contributed by atoms with van der Waals surface area (Å²) in [6.45, 7) is 5.84. The van der Waals surface area contributed by atoms with Crippen molar-refractivity contribution in [2.45, 2.75) is 39.7 Å². The van der Waals surface area contributed by atoms with Crippen molar-refractivity contribution in [2.75, 3.05) is 20.3 Å². The van der Waals surface area contributed by atoms with Gasteiger partial charge in [-0.2, -0.15) is 0 Å². The lowest BCUT2D eigenvalue weighted by Gasteiger charge is -2.10. The predicted molar refractivity (Wildman–Crippen MR) is 85.3 cm³/mol. The van der Waals surface area contributed by atoms with Crippen LogP contribution >= 0.6 is 0 Å². The lowest BCUT2D eigenvalue weighted by atomic mass is 10.1. The van der Waals surface area contributed by atoms with Gasteiger partial charge in [0.15, 0.2) is 0 Å². The highest BCUT2D eigenvalue weighted by molar-refractivity contribution is 5.43. The minimum Gasteiger partial charge on any atom is -0.496 e. The first-order valence-corrected chi connectivity index (χ1v) is 7.51. The van der Waals surface area contributed by atoms with Crippen molar-refractivity contribution in [3.05, 3.63) is 29.3 Å². The zero-order valence-electron chi connectivity index (χ0n) is 13.3. The molecule has 21 heavy (non-hydrogen) atoms. The highest BCUT2D eigenvalue weighted by atomic mass is 16.5. The van der Waals surface area contributed by atoms with E-state index in [9.17, 15) is 0 Å². The molecule has 0 radical (unpaired) electrons. The van der Waals surface area contributed by atoms with Gasteiger partial charge in [0.05, 0.1) is 20.3 Å². The van der Waals surface area contributed by atoms with Gasteiger partial charge in [0, 0.05) is 24.2 Å². The zero-order valence-corrected chi connectivity index (χ0v) is 13.3. The van der Waals surface area contributed by atoms with Gasteiger partial charge in [-0.25, -0.2) is 0 Å². The van der Waals surface area contributed by atoms with Crippen molar-refractivity contribution in [1.29, 1.82) is 0 Å². The zero-order chi connectivity index (χ0) is 15.5. The van der Waals surface area contributed by atoms with Crippen LogP contribution in [0.5, 0.6) is 5.75 Å². The highest BCUT2D eigenvalue weighted by Gasteiger charge is 2.04. The summed E-state index contributed by atoms with van der Waals surface area (Å²) in [5.41, 5.74) is 1.93. The van der Waals surface area contributed by atoms with E-state index in [0.717, 1.165) is 29.9 Å². The van der Waals surface area contributed by atoms with Gasteiger partial charge in [-0.1, -0.05) is 25.7 Å². The van der Waals surface area contributed by atoms with Crippen LogP contribution in [0.3, 0.4) is 0 Å². The Kier molecular flexibility index (Phi) is 8.57. The van der Waals surface area contributed by atoms with E-state index < -0.39 is 0 Å². The normalized spacial score (nSPS) is 10.3. The molecule has 0 saturated heterocycles. The van der Waals surface area contributed by atoms with E-state index in [1.165, 1.54) is 6.42 Å². The average molecular weight is 290 g/mol. The molecule has 0 saturated carbocycles. The Morgan fingerprint density at radius 2 is 2.10 bits per heavy atom. The van der Waals surface area contributed by atoms with Crippen molar-refractivity contribution >= 4 is 0 Å². The second-order valence-corrected chi connectivity index (χ2v) is 5.39. The summed E-state index contributed by atoms with van der Waals surface area (Å²) in [5.74, 6) is 7.50. The molecule has 0 bridgehead atoms. The first-order chi connectivity index (χ1) is 10.2. The second-order valence-electron chi connectivity index (χ2n) is 5.39. The molecule has 1 aromatic carbocycles. The molecule has 116 valence electrons. The molecule has 0 aliphatic rings. The van der Waals surface area contributed by atoms with Crippen LogP contribution in [0.2, 0.25) is 0 Å². The Balaban J connectivity index is 2.58. The quantitative estimate of drug-likeness (QED) is 0.589. The fraction of sp³-hybridized carbons (Fsp3) is 0.556. The van der Waals surface area contributed by atoms with Crippen molar-refractivity contribution in [1.82, 2.24) is 0 Å². The molecule has 0 spiro atoms. The second kappa shape index (κ2) is 10.3. The molecule has 0 aromatic heterocycles. The van der Waals surface area contributed by atoms with Crippen LogP contribution in [0.15, 0.2) is 18.2 Å². The number of methoxy groups -OCH3 is 1. The largest absolute Gasteiger partial charge is 0.496 e. The predicted octanol–water partition coefficient (Wildman–Crippen LogP) is 3.38. The van der Waals surface area contributed by atoms with Crippen LogP contribution in [0.4, 0.5) is 0 Å². The maximum absolute atomic E-state index is 8.74. The third-order valence-corrected chi connectivity index (χ3v) is 3.08. The Labute approximate surface area is 128 Å². The molecule has 3 nitrogen and oxygen atoms in total. The highest BCUT2D eigenvalue weighted by Crippen LogP contribution is 2.20. The van der Waals surface area contributed by atoms with Gasteiger partial charge in [0.1, 0.15) is 5.75 Å². The summed E-state index contributed by atoms with van der Waals surface area (Å²) in [4.78, 5) is 0. The van der Waals surface area contributed by atoms with E-state index in [4.69, 9.17) is 14.6 Å². The molecule has 3 heteroatoms. The van der Waals surface area contributed by atoms with Crippen molar-refractivity contribution in [3.63, 3.8) is 0 Å². The number of aliphatic hydroxyl groups is 1. The van der Waals surface area contributed by atoms with Crippen LogP contribution < -0.4 is 4.74 Å². The molecule has 0 fully saturated rings. The summed E-state index contributed by atoms with van der Waals surface area (Å²) in [5, 5.41) is 8.74. The standard InChI is InChI=1S/C18H26O3/c1-15(2)7-6-12-21-14-17-13-16(8-4-5-11-19)9-10-18(17)20-3/h9-10,13,15,19H,5-7,11-12,14H2,1-3H3. The summed E-state index contributed by atoms with van der Waals surface area (Å²) < 4.78 is 11.1. The average Bonchev–Trinajstić information content (AvgIpc) is 2.47. The van der Waals surface area contributed by atoms with Crippen molar-refractivity contribution < 1.29 is 14.6 Å². The topological polar surface area (TPSA) is 38.7 Å². The minimum absolute atomic E-state index is 0.0922. The maximum Gasteiger partial charge on any atom is 0.124 e. The Hall–Kier alpha value is -1.50. The number of ether oxygens (including phenoxy) is 2. The minimum atomic E-state index is 0.0922. The van der Waals surface area contributed by atoms with E-state index in [1.807, 2.05) is 18.2 Å². The molecule has 0 unspecified atom stereocenters. The van der Waals surface area contributed by atoms with E-state index in [0.29, 0.717) is 18.9 Å². The fourth-order valence-corrected chi connectivity index (χ4v) is 1.97. The van der Waals surface area contributed by atoms with Crippen LogP contribution in [0.1, 0.15) is 44.2 Å². The lowest BCUT2D eigenvalue weighted by Crippen LogP contribution is -2.00. The number of rotatable bonds is 8. The summed E-state index contributed by atoms with van der Waals surface area (Å²) in [6, 6.07) is 5.83. The number of aliphatic hydroxyl groups excluding tert-OH is 1. The van der Waals surface area contributed by atoms with Gasteiger partial charge in [-0.05, 0) is 37.0 Å². The van der Waals surface area contributed by atoms with Crippen molar-refractivity contribution in [3.8, 4) is 17.6 Å². The van der Waals surface area contributed by atoms with E-state index in [2.05, 4.69) is 25.7 Å². The fourth-order valence-electron chi connectivity index (χ4n) is 1.97. The lowest BCUT2D eigenvalue weighted by molar-refractivity contribution is 0.113. The molecule has 1 rings (SSSR count). The van der Waals surface area contributed by atoms with Gasteiger partial charge >= 0.3 is 0 Å². The molecule has 0 amide bonds. The van der Waals surface area contributed by atoms with Crippen LogP contribution in [-0.2, 0) is 11.3 Å². The first-order valence-electron chi connectivity index (χ1n) is 7.51. The Morgan fingerprint density at radius 3 is 2.76 bits per heavy atom. The van der Waals surface area contributed by atoms with Gasteiger partial charge in [-0.3, -0.25) is 0 Å². The van der Waals surface area contributed by atoms with Crippen LogP contribution in [0.25, 0.3) is 0 Å². The number of hydrogen-bond acceptors (Lipinski definition) is 3. The molecule has 0 atom stereocenters. The van der Waals surface area contributed by atoms with Gasteiger partial charge in [0.25, 0.3) is 0 Å². The molecular weight excluding hydrogens is 264 g/mol. The van der Waals surface area contributed by atoms with Gasteiger partial charge in [0.2, 0.25) is 0 Å². The Bertz CT molecular complexity index is 469. The van der Waals surface area contributed by atoms with E-state index in [1.54, 1.807) is 7.11 Å². The van der Waals surface area contributed by atoms with Gasteiger partial charge in [-0.15, -0.1) is 0 Å². The molecule has 0 aliphatic heterocycles. The summed E-state index contributed by atoms with van der Waals surface area (Å²) in [6.07, 6.45) is 2.76. The smallest absolute Gasteiger partial charge is 0.124 e. The van der Waals surface area contributed by atoms with Crippen molar-refractivity contribution in [2.24, 2.45) is 5.92 Å². The van der Waals surface area contributed by atoms with Gasteiger partial charge < -0.3 is 14.6 Å². The molecule has 0 heterocycles. The molecular formula is C18H26O3. The summed E-state index contributed by atoms with van der Waals surface area (Å²) >= 11 is 0. The van der Waals surface area contributed by atoms with Crippen LogP contribution in [0, 0.1) is 17.8 Å². The van der Waals surface area contributed by atoms with E-state index in [-0.39, 0.29) is 6.61 Å². The molecule has 0 aliphatic carbocycles. The molecule has 1 aromatic rings. The molecule has 1 N–H and O–H groups in total. The summed E-state index contributed by atoms with van der Waals surface area (Å²) in [7, 11) is 1.66. The SMILES string of the molecule is COc1ccc(C#CCCO)cc1COCCCC(C)C. The monoisotopic (exact) mass is 290 g/mol. The van der Waals surface area contributed by atoms with E-state index >= 15 is 0 Å². The third-order valence-electron chi connectivity index (χ3n) is 3.08.